The Morgan fingerprint density at radius 3 is 2.44 bits per heavy atom. The van der Waals surface area contributed by atoms with Crippen molar-refractivity contribution < 1.29 is 14.7 Å². The lowest BCUT2D eigenvalue weighted by molar-refractivity contribution is -0.137. The zero-order valence-electron chi connectivity index (χ0n) is 14.0. The number of hydrogen-bond donors (Lipinski definition) is 2. The van der Waals surface area contributed by atoms with Crippen LogP contribution in [0.4, 0.5) is 0 Å². The van der Waals surface area contributed by atoms with Crippen molar-refractivity contribution in [2.45, 2.75) is 25.9 Å². The van der Waals surface area contributed by atoms with Gasteiger partial charge in [0, 0.05) is 23.7 Å². The topological polar surface area (TPSA) is 124 Å². The van der Waals surface area contributed by atoms with Crippen LogP contribution in [-0.2, 0) is 22.7 Å². The Morgan fingerprint density at radius 2 is 1.81 bits per heavy atom. The summed E-state index contributed by atoms with van der Waals surface area (Å²) in [6, 6.07) is 6.79. The molecule has 1 amide bonds. The van der Waals surface area contributed by atoms with Gasteiger partial charge < -0.3 is 10.8 Å². The number of carbonyl (C=O) groups is 2. The van der Waals surface area contributed by atoms with Crippen LogP contribution in [0.1, 0.15) is 12.8 Å². The number of benzene rings is 1. The van der Waals surface area contributed by atoms with Crippen LogP contribution in [0.15, 0.2) is 33.9 Å². The molecule has 0 aliphatic rings. The second-order valence-corrected chi connectivity index (χ2v) is 7.23. The van der Waals surface area contributed by atoms with Gasteiger partial charge in [-0.1, -0.05) is 41.8 Å². The van der Waals surface area contributed by atoms with Crippen molar-refractivity contribution in [3.63, 3.8) is 0 Å². The van der Waals surface area contributed by atoms with Crippen molar-refractivity contribution in [2.75, 3.05) is 0 Å². The van der Waals surface area contributed by atoms with Crippen molar-refractivity contribution >= 4 is 56.4 Å². The number of nitrogens with two attached hydrogens (primary N) is 1. The lowest BCUT2D eigenvalue weighted by atomic mass is 10.1. The summed E-state index contributed by atoms with van der Waals surface area (Å²) >= 11 is 6.28. The molecule has 140 valence electrons. The Labute approximate surface area is 161 Å². The number of nitrogens with zero attached hydrogens (tertiary/aromatic N) is 2. The third-order valence-electron chi connectivity index (χ3n) is 4.08. The molecule has 0 atom stereocenters. The standard InChI is InChI=1S/C17H15N3O5S2/c18-11(21)8-20-14(24)10-5-2-1-4-9(10)13-15(26)19(7-3-6-12(22)23)17(25)27-16(13)20/h1-2,4-5H,3,6-8H2,(H2,18,21)(H,22,23). The minimum absolute atomic E-state index is 0.0914. The largest absolute Gasteiger partial charge is 0.481 e. The fourth-order valence-corrected chi connectivity index (χ4v) is 4.45. The molecule has 8 nitrogen and oxygen atoms in total. The first kappa shape index (κ1) is 18.9. The summed E-state index contributed by atoms with van der Waals surface area (Å²) in [7, 11) is 0. The molecule has 3 aromatic rings. The molecule has 0 unspecified atom stereocenters. The third-order valence-corrected chi connectivity index (χ3v) is 5.52. The van der Waals surface area contributed by atoms with E-state index in [1.807, 2.05) is 0 Å². The number of hydrogen-bond acceptors (Lipinski definition) is 6. The van der Waals surface area contributed by atoms with Crippen molar-refractivity contribution in [2.24, 2.45) is 5.73 Å². The van der Waals surface area contributed by atoms with E-state index in [0.717, 1.165) is 11.3 Å². The smallest absolute Gasteiger partial charge is 0.310 e. The molecule has 0 radical (unpaired) electrons. The maximum absolute atomic E-state index is 12.8. The Morgan fingerprint density at radius 1 is 1.15 bits per heavy atom. The Bertz CT molecular complexity index is 1260. The summed E-state index contributed by atoms with van der Waals surface area (Å²) in [6.07, 6.45) is 0.155. The number of rotatable bonds is 6. The fraction of sp³-hybridized carbons (Fsp3) is 0.235. The monoisotopic (exact) mass is 405 g/mol. The highest BCUT2D eigenvalue weighted by Crippen LogP contribution is 2.25. The predicted molar refractivity (Wildman–Crippen MR) is 105 cm³/mol. The number of pyridine rings is 1. The number of carboxylic acid groups (broad SMARTS) is 1. The third kappa shape index (κ3) is 3.53. The van der Waals surface area contributed by atoms with Crippen LogP contribution < -0.4 is 16.2 Å². The van der Waals surface area contributed by atoms with E-state index in [1.54, 1.807) is 24.3 Å². The summed E-state index contributed by atoms with van der Waals surface area (Å²) in [5.74, 6) is -1.67. The van der Waals surface area contributed by atoms with Crippen LogP contribution in [0.5, 0.6) is 0 Å². The number of amides is 1. The minimum Gasteiger partial charge on any atom is -0.481 e. The molecule has 0 aliphatic carbocycles. The van der Waals surface area contributed by atoms with E-state index >= 15 is 0 Å². The molecule has 10 heteroatoms. The summed E-state index contributed by atoms with van der Waals surface area (Å²) < 4.78 is 2.70. The Kier molecular flexibility index (Phi) is 5.19. The predicted octanol–water partition coefficient (Wildman–Crippen LogP) is 1.46. The average molecular weight is 405 g/mol. The summed E-state index contributed by atoms with van der Waals surface area (Å²) in [6.45, 7) is -0.215. The molecule has 1 aromatic carbocycles. The van der Waals surface area contributed by atoms with Gasteiger partial charge in [0.25, 0.3) is 5.56 Å². The fourth-order valence-electron chi connectivity index (χ4n) is 2.92. The molecule has 3 rings (SSSR count). The van der Waals surface area contributed by atoms with E-state index in [-0.39, 0.29) is 35.4 Å². The van der Waals surface area contributed by atoms with Gasteiger partial charge in [-0.15, -0.1) is 0 Å². The molecule has 27 heavy (non-hydrogen) atoms. The van der Waals surface area contributed by atoms with Crippen LogP contribution in [0.3, 0.4) is 0 Å². The Balaban J connectivity index is 2.38. The van der Waals surface area contributed by atoms with E-state index < -0.39 is 22.3 Å². The number of carbonyl (C=O) groups excluding carboxylic acids is 1. The molecule has 2 aromatic heterocycles. The molecule has 0 saturated carbocycles. The maximum atomic E-state index is 12.8. The van der Waals surface area contributed by atoms with E-state index in [4.69, 9.17) is 23.1 Å². The van der Waals surface area contributed by atoms with Crippen LogP contribution in [0.2, 0.25) is 0 Å². The lowest BCUT2D eigenvalue weighted by Crippen LogP contribution is -2.29. The van der Waals surface area contributed by atoms with Crippen LogP contribution in [0, 0.1) is 4.64 Å². The molecular weight excluding hydrogens is 390 g/mol. The van der Waals surface area contributed by atoms with Gasteiger partial charge in [-0.25, -0.2) is 0 Å². The first-order chi connectivity index (χ1) is 12.8. The molecular formula is C17H15N3O5S2. The maximum Gasteiger partial charge on any atom is 0.310 e. The molecule has 2 heterocycles. The first-order valence-corrected chi connectivity index (χ1v) is 9.23. The summed E-state index contributed by atoms with van der Waals surface area (Å²) in [4.78, 5) is 47.4. The van der Waals surface area contributed by atoms with E-state index in [9.17, 15) is 19.2 Å². The molecule has 0 fully saturated rings. The highest BCUT2D eigenvalue weighted by Gasteiger charge is 2.17. The normalized spacial score (nSPS) is 11.1. The van der Waals surface area contributed by atoms with Gasteiger partial charge in [-0.2, -0.15) is 0 Å². The number of aliphatic carboxylic acids is 1. The van der Waals surface area contributed by atoms with Gasteiger partial charge in [-0.05, 0) is 12.5 Å². The van der Waals surface area contributed by atoms with Crippen LogP contribution >= 0.6 is 23.6 Å². The summed E-state index contributed by atoms with van der Waals surface area (Å²) in [5.41, 5.74) is 4.84. The van der Waals surface area contributed by atoms with Crippen molar-refractivity contribution in [1.82, 2.24) is 9.13 Å². The van der Waals surface area contributed by atoms with Gasteiger partial charge in [0.15, 0.2) is 0 Å². The zero-order chi connectivity index (χ0) is 19.7. The van der Waals surface area contributed by atoms with Gasteiger partial charge in [-0.3, -0.25) is 28.3 Å². The van der Waals surface area contributed by atoms with Crippen LogP contribution in [-0.4, -0.2) is 26.1 Å². The van der Waals surface area contributed by atoms with Crippen molar-refractivity contribution in [3.8, 4) is 0 Å². The van der Waals surface area contributed by atoms with Gasteiger partial charge >= 0.3 is 10.8 Å². The molecule has 0 aliphatic heterocycles. The minimum atomic E-state index is -0.959. The van der Waals surface area contributed by atoms with Crippen molar-refractivity contribution in [1.29, 1.82) is 0 Å². The second kappa shape index (κ2) is 7.41. The number of fused-ring (bicyclic) bond motifs is 3. The van der Waals surface area contributed by atoms with Gasteiger partial charge in [0.2, 0.25) is 5.91 Å². The molecule has 0 bridgehead atoms. The average Bonchev–Trinajstić information content (AvgIpc) is 2.60. The van der Waals surface area contributed by atoms with E-state index in [1.165, 1.54) is 9.13 Å². The van der Waals surface area contributed by atoms with Crippen LogP contribution in [0.25, 0.3) is 21.0 Å². The number of primary amides is 1. The second-order valence-electron chi connectivity index (χ2n) is 5.91. The molecule has 0 saturated heterocycles. The quantitative estimate of drug-likeness (QED) is 0.472. The van der Waals surface area contributed by atoms with Gasteiger partial charge in [0.05, 0.1) is 5.39 Å². The van der Waals surface area contributed by atoms with E-state index in [0.29, 0.717) is 16.2 Å². The number of aromatic nitrogens is 2. The molecule has 0 spiro atoms. The molecule has 3 N–H and O–H groups in total. The van der Waals surface area contributed by atoms with Gasteiger partial charge in [0.1, 0.15) is 16.0 Å². The highest BCUT2D eigenvalue weighted by atomic mass is 32.1. The highest BCUT2D eigenvalue weighted by molar-refractivity contribution is 7.71. The Hall–Kier alpha value is -2.85. The first-order valence-electron chi connectivity index (χ1n) is 8.00. The number of carboxylic acids is 1. The van der Waals surface area contributed by atoms with E-state index in [2.05, 4.69) is 0 Å². The summed E-state index contributed by atoms with van der Waals surface area (Å²) in [5, 5.41) is 10.2. The van der Waals surface area contributed by atoms with Crippen molar-refractivity contribution in [3.05, 3.63) is 48.9 Å². The SMILES string of the molecule is NC(=O)Cn1c(=O)c2ccccc2c2c(=S)n(CCCC(=O)O)c(=O)sc21. The zero-order valence-corrected chi connectivity index (χ0v) is 15.6. The lowest BCUT2D eigenvalue weighted by Gasteiger charge is -2.13.